The van der Waals surface area contributed by atoms with Crippen LogP contribution in [-0.4, -0.2) is 11.6 Å². The van der Waals surface area contributed by atoms with E-state index in [1.807, 2.05) is 39.0 Å². The van der Waals surface area contributed by atoms with Crippen LogP contribution in [0.4, 0.5) is 0 Å². The summed E-state index contributed by atoms with van der Waals surface area (Å²) in [5, 5.41) is 0. The van der Waals surface area contributed by atoms with E-state index in [1.54, 1.807) is 0 Å². The van der Waals surface area contributed by atoms with Crippen LogP contribution in [0.15, 0.2) is 24.3 Å². The topological polar surface area (TPSA) is 26.3 Å². The van der Waals surface area contributed by atoms with Gasteiger partial charge in [0, 0.05) is 0 Å². The van der Waals surface area contributed by atoms with Crippen LogP contribution in [0.3, 0.4) is 0 Å². The second-order valence-corrected chi connectivity index (χ2v) is 5.31. The van der Waals surface area contributed by atoms with Crippen molar-refractivity contribution in [3.05, 3.63) is 35.4 Å². The monoisotopic (exact) mass is 234 g/mol. The third kappa shape index (κ3) is 5.03. The van der Waals surface area contributed by atoms with Gasteiger partial charge in [-0.25, -0.2) is 4.79 Å². The first-order chi connectivity index (χ1) is 7.92. The molecule has 0 fully saturated rings. The number of hydrogen-bond donors (Lipinski definition) is 0. The zero-order valence-electron chi connectivity index (χ0n) is 11.2. The fourth-order valence-electron chi connectivity index (χ4n) is 1.57. The molecule has 1 aromatic rings. The van der Waals surface area contributed by atoms with Gasteiger partial charge < -0.3 is 4.74 Å². The molecule has 0 aliphatic rings. The van der Waals surface area contributed by atoms with Crippen LogP contribution >= 0.6 is 0 Å². The van der Waals surface area contributed by atoms with Crippen LogP contribution in [-0.2, 0) is 11.2 Å². The SMILES string of the molecule is CCCCc1cccc(C(=O)OC(C)(C)C)c1. The number of benzene rings is 1. The molecule has 0 unspecified atom stereocenters. The number of hydrogen-bond acceptors (Lipinski definition) is 2. The van der Waals surface area contributed by atoms with Crippen molar-refractivity contribution in [1.82, 2.24) is 0 Å². The Bertz CT molecular complexity index is 375. The van der Waals surface area contributed by atoms with Gasteiger partial charge in [0.05, 0.1) is 5.56 Å². The largest absolute Gasteiger partial charge is 0.456 e. The van der Waals surface area contributed by atoms with Crippen LogP contribution in [0.1, 0.15) is 56.5 Å². The molecule has 0 saturated carbocycles. The highest BCUT2D eigenvalue weighted by atomic mass is 16.6. The third-order valence-corrected chi connectivity index (χ3v) is 2.38. The van der Waals surface area contributed by atoms with E-state index < -0.39 is 5.60 Å². The highest BCUT2D eigenvalue weighted by Gasteiger charge is 2.17. The third-order valence-electron chi connectivity index (χ3n) is 2.38. The Labute approximate surface area is 104 Å². The molecule has 0 aliphatic carbocycles. The highest BCUT2D eigenvalue weighted by molar-refractivity contribution is 5.89. The van der Waals surface area contributed by atoms with Gasteiger partial charge >= 0.3 is 5.97 Å². The molecule has 0 saturated heterocycles. The molecule has 0 spiro atoms. The fraction of sp³-hybridized carbons (Fsp3) is 0.533. The number of unbranched alkanes of at least 4 members (excludes halogenated alkanes) is 1. The minimum Gasteiger partial charge on any atom is -0.456 e. The summed E-state index contributed by atoms with van der Waals surface area (Å²) >= 11 is 0. The number of carbonyl (C=O) groups is 1. The maximum atomic E-state index is 11.9. The lowest BCUT2D eigenvalue weighted by atomic mass is 10.1. The Hall–Kier alpha value is -1.31. The second-order valence-electron chi connectivity index (χ2n) is 5.31. The van der Waals surface area contributed by atoms with E-state index in [0.717, 1.165) is 19.3 Å². The van der Waals surface area contributed by atoms with Gasteiger partial charge in [0.15, 0.2) is 0 Å². The lowest BCUT2D eigenvalue weighted by Gasteiger charge is -2.19. The van der Waals surface area contributed by atoms with Gasteiger partial charge in [-0.15, -0.1) is 0 Å². The number of esters is 1. The fourth-order valence-corrected chi connectivity index (χ4v) is 1.57. The molecule has 0 heterocycles. The summed E-state index contributed by atoms with van der Waals surface area (Å²) in [6.45, 7) is 7.81. The lowest BCUT2D eigenvalue weighted by molar-refractivity contribution is 0.00694. The van der Waals surface area contributed by atoms with Crippen molar-refractivity contribution < 1.29 is 9.53 Å². The van der Waals surface area contributed by atoms with Crippen molar-refractivity contribution in [3.8, 4) is 0 Å². The van der Waals surface area contributed by atoms with E-state index in [0.29, 0.717) is 5.56 Å². The standard InChI is InChI=1S/C15H22O2/c1-5-6-8-12-9-7-10-13(11-12)14(16)17-15(2,3)4/h7,9-11H,5-6,8H2,1-4H3. The van der Waals surface area contributed by atoms with Crippen LogP contribution in [0.25, 0.3) is 0 Å². The second kappa shape index (κ2) is 5.85. The van der Waals surface area contributed by atoms with Crippen LogP contribution < -0.4 is 0 Å². The number of carbonyl (C=O) groups excluding carboxylic acids is 1. The van der Waals surface area contributed by atoms with Crippen LogP contribution in [0.2, 0.25) is 0 Å². The highest BCUT2D eigenvalue weighted by Crippen LogP contribution is 2.14. The van der Waals surface area contributed by atoms with Crippen molar-refractivity contribution in [2.75, 3.05) is 0 Å². The average Bonchev–Trinajstić information content (AvgIpc) is 2.24. The zero-order chi connectivity index (χ0) is 12.9. The van der Waals surface area contributed by atoms with Gasteiger partial charge in [0.2, 0.25) is 0 Å². The van der Waals surface area contributed by atoms with E-state index in [2.05, 4.69) is 13.0 Å². The van der Waals surface area contributed by atoms with Gasteiger partial charge in [-0.2, -0.15) is 0 Å². The Balaban J connectivity index is 2.74. The zero-order valence-corrected chi connectivity index (χ0v) is 11.2. The van der Waals surface area contributed by atoms with Crippen molar-refractivity contribution in [2.45, 2.75) is 52.6 Å². The van der Waals surface area contributed by atoms with E-state index in [9.17, 15) is 4.79 Å². The molecule has 0 aromatic heterocycles. The molecular formula is C15H22O2. The summed E-state index contributed by atoms with van der Waals surface area (Å²) in [5.74, 6) is -0.240. The molecule has 0 bridgehead atoms. The number of rotatable bonds is 4. The minimum atomic E-state index is -0.434. The maximum absolute atomic E-state index is 11.9. The molecule has 0 amide bonds. The van der Waals surface area contributed by atoms with Gasteiger partial charge in [-0.3, -0.25) is 0 Å². The molecule has 0 N–H and O–H groups in total. The van der Waals surface area contributed by atoms with E-state index in [-0.39, 0.29) is 5.97 Å². The Morgan fingerprint density at radius 2 is 2.00 bits per heavy atom. The van der Waals surface area contributed by atoms with Gasteiger partial charge in [0.1, 0.15) is 5.60 Å². The molecule has 0 radical (unpaired) electrons. The molecule has 17 heavy (non-hydrogen) atoms. The summed E-state index contributed by atoms with van der Waals surface area (Å²) < 4.78 is 5.34. The van der Waals surface area contributed by atoms with Crippen LogP contribution in [0, 0.1) is 0 Å². The minimum absolute atomic E-state index is 0.240. The molecular weight excluding hydrogens is 212 g/mol. The lowest BCUT2D eigenvalue weighted by Crippen LogP contribution is -2.23. The molecule has 94 valence electrons. The van der Waals surface area contributed by atoms with Crippen molar-refractivity contribution in [3.63, 3.8) is 0 Å². The first-order valence-corrected chi connectivity index (χ1v) is 6.24. The molecule has 1 aromatic carbocycles. The Morgan fingerprint density at radius 3 is 2.59 bits per heavy atom. The Morgan fingerprint density at radius 1 is 1.29 bits per heavy atom. The quantitative estimate of drug-likeness (QED) is 0.736. The molecule has 0 atom stereocenters. The number of ether oxygens (including phenoxy) is 1. The van der Waals surface area contributed by atoms with Crippen molar-refractivity contribution >= 4 is 5.97 Å². The van der Waals surface area contributed by atoms with Gasteiger partial charge in [-0.05, 0) is 51.3 Å². The summed E-state index contributed by atoms with van der Waals surface area (Å²) in [7, 11) is 0. The molecule has 0 aliphatic heterocycles. The molecule has 2 nitrogen and oxygen atoms in total. The predicted molar refractivity (Wildman–Crippen MR) is 70.2 cm³/mol. The van der Waals surface area contributed by atoms with E-state index in [1.165, 1.54) is 5.56 Å². The summed E-state index contributed by atoms with van der Waals surface area (Å²) in [6.07, 6.45) is 3.33. The van der Waals surface area contributed by atoms with E-state index >= 15 is 0 Å². The molecule has 2 heteroatoms. The van der Waals surface area contributed by atoms with E-state index in [4.69, 9.17) is 4.74 Å². The van der Waals surface area contributed by atoms with Crippen molar-refractivity contribution in [1.29, 1.82) is 0 Å². The summed E-state index contributed by atoms with van der Waals surface area (Å²) in [5.41, 5.74) is 1.42. The summed E-state index contributed by atoms with van der Waals surface area (Å²) in [6, 6.07) is 7.72. The smallest absolute Gasteiger partial charge is 0.338 e. The van der Waals surface area contributed by atoms with Gasteiger partial charge in [0.25, 0.3) is 0 Å². The average molecular weight is 234 g/mol. The molecule has 1 rings (SSSR count). The number of aryl methyl sites for hydroxylation is 1. The first kappa shape index (κ1) is 13.8. The normalized spacial score (nSPS) is 11.3. The van der Waals surface area contributed by atoms with Crippen LogP contribution in [0.5, 0.6) is 0 Å². The summed E-state index contributed by atoms with van der Waals surface area (Å²) in [4.78, 5) is 11.9. The Kier molecular flexibility index (Phi) is 4.73. The first-order valence-electron chi connectivity index (χ1n) is 6.24. The van der Waals surface area contributed by atoms with Crippen molar-refractivity contribution in [2.24, 2.45) is 0 Å². The van der Waals surface area contributed by atoms with Gasteiger partial charge in [-0.1, -0.05) is 25.5 Å². The maximum Gasteiger partial charge on any atom is 0.338 e. The predicted octanol–water partition coefficient (Wildman–Crippen LogP) is 3.98.